The molecule has 0 spiro atoms. The molecule has 0 saturated carbocycles. The Morgan fingerprint density at radius 2 is 0.856 bits per heavy atom. The molecule has 0 aromatic carbocycles. The van der Waals surface area contributed by atoms with Crippen LogP contribution in [0.2, 0.25) is 5.28 Å². The maximum Gasteiger partial charge on any atom is 0.486 e. The first-order valence-corrected chi connectivity index (χ1v) is 35.5. The number of hydrogen-bond acceptors (Lipinski definition) is 20. The van der Waals surface area contributed by atoms with E-state index in [0.29, 0.717) is 103 Å². The van der Waals surface area contributed by atoms with Crippen molar-refractivity contribution in [3.8, 4) is 0 Å². The molecule has 6 N–H and O–H groups in total. The van der Waals surface area contributed by atoms with Gasteiger partial charge in [0.1, 0.15) is 10.7 Å². The molecule has 13 rings (SSSR count). The Kier molecular flexibility index (Phi) is 24.1. The highest BCUT2D eigenvalue weighted by Gasteiger charge is 2.56. The Morgan fingerprint density at radius 1 is 0.548 bits per heavy atom. The first kappa shape index (κ1) is 80.6. The van der Waals surface area contributed by atoms with Gasteiger partial charge in [-0.2, -0.15) is 20.3 Å². The molecule has 0 unspecified atom stereocenters. The number of aromatic amines is 3. The Labute approximate surface area is 617 Å². The number of fused-ring (bicyclic) bond motifs is 3. The number of carbonyl (C=O) groups excluding carboxylic acids is 3. The minimum atomic E-state index is -1.89. The number of halogens is 9. The SMILES string of the molecule is C=CB1OC(C)(C)C(C)(C)O1.C=Cc1ncc(F)c(Nc2n[nH]c3c2CN(C(=O)C2(F)CCN(C)CC2)C3(C)C)n1.CC(Cl)Cl.CCc1ncc(F)c(Nc2n[nH]c3c2CN(C(=O)C2(F)CCN(C)CC2)C3(C)C)n1.CN1CCC(F)(C(=O)N2Cc3c(Nc4nc(Cl)ncc4F)n[nH]c3C2(C)C)CC1. The summed E-state index contributed by atoms with van der Waals surface area (Å²) in [5.41, 5.74) is -4.31. The van der Waals surface area contributed by atoms with Crippen molar-refractivity contribution in [2.45, 2.75) is 197 Å². The molecule has 7 aliphatic rings. The topological polar surface area (TPSA) is 289 Å². The molecule has 4 saturated heterocycles. The van der Waals surface area contributed by atoms with Crippen LogP contribution in [0, 0.1) is 17.5 Å². The summed E-state index contributed by atoms with van der Waals surface area (Å²) in [7, 11) is 5.51. The van der Waals surface area contributed by atoms with E-state index in [0.717, 1.165) is 18.6 Å². The third-order valence-corrected chi connectivity index (χ3v) is 20.8. The second-order valence-corrected chi connectivity index (χ2v) is 31.4. The third kappa shape index (κ3) is 16.8. The van der Waals surface area contributed by atoms with Gasteiger partial charge in [0.2, 0.25) is 5.28 Å². The van der Waals surface area contributed by atoms with E-state index in [1.807, 2.05) is 112 Å². The molecule has 7 aliphatic heterocycles. The van der Waals surface area contributed by atoms with E-state index in [-0.39, 0.29) is 110 Å². The summed E-state index contributed by atoms with van der Waals surface area (Å²) in [5.74, 6) is -0.131. The van der Waals surface area contributed by atoms with Crippen LogP contribution in [0.15, 0.2) is 37.7 Å². The van der Waals surface area contributed by atoms with E-state index in [1.165, 1.54) is 15.9 Å². The molecular weight excluding hydrogens is 1420 g/mol. The van der Waals surface area contributed by atoms with Crippen molar-refractivity contribution < 1.29 is 50.0 Å². The predicted molar refractivity (Wildman–Crippen MR) is 386 cm³/mol. The molecule has 566 valence electrons. The lowest BCUT2D eigenvalue weighted by Gasteiger charge is -2.40. The highest BCUT2D eigenvalue weighted by atomic mass is 35.5. The maximum absolute atomic E-state index is 15.5. The smallest absolute Gasteiger partial charge is 0.400 e. The third-order valence-electron chi connectivity index (χ3n) is 20.6. The second kappa shape index (κ2) is 31.1. The minimum Gasteiger partial charge on any atom is -0.400 e. The van der Waals surface area contributed by atoms with Gasteiger partial charge in [0.05, 0.1) is 83.1 Å². The van der Waals surface area contributed by atoms with Gasteiger partial charge in [0, 0.05) is 101 Å². The summed E-state index contributed by atoms with van der Waals surface area (Å²) in [5, 5.41) is 29.9. The van der Waals surface area contributed by atoms with Crippen LogP contribution in [-0.4, -0.2) is 208 Å². The van der Waals surface area contributed by atoms with Crippen molar-refractivity contribution in [3.05, 3.63) is 106 Å². The molecule has 36 heteroatoms. The summed E-state index contributed by atoms with van der Waals surface area (Å²) in [4.78, 5) is 73.4. The highest BCUT2D eigenvalue weighted by Crippen LogP contribution is 2.48. The van der Waals surface area contributed by atoms with Gasteiger partial charge in [-0.3, -0.25) is 29.7 Å². The van der Waals surface area contributed by atoms with Gasteiger partial charge in [-0.1, -0.05) is 19.5 Å². The van der Waals surface area contributed by atoms with Crippen molar-refractivity contribution in [2.75, 3.05) is 76.4 Å². The highest BCUT2D eigenvalue weighted by molar-refractivity contribution is 6.51. The van der Waals surface area contributed by atoms with Crippen LogP contribution in [0.1, 0.15) is 167 Å². The van der Waals surface area contributed by atoms with Crippen molar-refractivity contribution >= 4 is 101 Å². The number of nitrogens with one attached hydrogen (secondary N) is 6. The number of nitrogens with zero attached hydrogens (tertiary/aromatic N) is 15. The number of carbonyl (C=O) groups is 3. The standard InChI is InChI=1S/C20H27F2N7O.C20H25F2N7O.C18H22ClF2N7O.C8H15BO2.C2H4Cl2/c2*1-5-14-23-10-13(21)17(24-14)25-16-12-11-29(19(2,3)15(12)26-27-16)18(30)20(22)6-8-28(4)9-7-20;1-17(2)12-10(9-28(17)15(29)18(21)4-6-27(3)7-5-18)13(26-25-12)23-14-11(20)8-22-16(19)24-14;1-6-9-10-7(2,3)8(4,5)11-9;1-2(3)4/h10H,5-9,11H2,1-4H3,(H2,23,24,25,26,27);5,10H,1,6-9,11H2,2-4H3,(H2,23,24,25,26,27);8H,4-7,9H2,1-3H3,(H2,22,23,24,25,26);6H,1H2,2-5H3;2H,1H3. The Bertz CT molecular complexity index is 4100. The van der Waals surface area contributed by atoms with E-state index in [9.17, 15) is 27.6 Å². The van der Waals surface area contributed by atoms with Gasteiger partial charge in [-0.05, 0) is 115 Å². The summed E-state index contributed by atoms with van der Waals surface area (Å²) >= 11 is 15.8. The molecule has 104 heavy (non-hydrogen) atoms. The summed E-state index contributed by atoms with van der Waals surface area (Å²) in [6.45, 7) is 33.7. The van der Waals surface area contributed by atoms with E-state index >= 15 is 13.2 Å². The minimum absolute atomic E-state index is 0.0241. The molecule has 3 amide bonds. The fraction of sp³-hybridized carbons (Fsp3) is 0.588. The van der Waals surface area contributed by atoms with Crippen molar-refractivity contribution in [1.82, 2.24) is 89.9 Å². The lowest BCUT2D eigenvalue weighted by atomic mass is 9.90. The number of amides is 3. The predicted octanol–water partition coefficient (Wildman–Crippen LogP) is 11.8. The molecular formula is C68H93BCl3F6N21O5. The number of aromatic nitrogens is 12. The van der Waals surface area contributed by atoms with E-state index in [1.54, 1.807) is 17.8 Å². The quantitative estimate of drug-likeness (QED) is 0.0287. The van der Waals surface area contributed by atoms with Crippen LogP contribution < -0.4 is 16.0 Å². The summed E-state index contributed by atoms with van der Waals surface area (Å²) < 4.78 is 100.0. The van der Waals surface area contributed by atoms with Gasteiger partial charge in [-0.15, -0.1) is 29.8 Å². The van der Waals surface area contributed by atoms with Crippen LogP contribution in [-0.2, 0) is 66.4 Å². The van der Waals surface area contributed by atoms with Gasteiger partial charge >= 0.3 is 7.12 Å². The number of piperidine rings is 3. The number of alkyl halides is 5. The number of anilines is 6. The largest absolute Gasteiger partial charge is 0.486 e. The van der Waals surface area contributed by atoms with Gasteiger partial charge < -0.3 is 54.7 Å². The fourth-order valence-corrected chi connectivity index (χ4v) is 13.2. The van der Waals surface area contributed by atoms with Crippen LogP contribution in [0.25, 0.3) is 6.08 Å². The molecule has 13 heterocycles. The zero-order chi connectivity index (χ0) is 76.6. The normalized spacial score (nSPS) is 20.6. The number of H-pyrrole nitrogens is 3. The second-order valence-electron chi connectivity index (χ2n) is 29.5. The number of aryl methyl sites for hydroxylation is 1. The van der Waals surface area contributed by atoms with Crippen LogP contribution in [0.3, 0.4) is 0 Å². The molecule has 6 aromatic rings. The van der Waals surface area contributed by atoms with Crippen molar-refractivity contribution in [3.63, 3.8) is 0 Å². The monoisotopic (exact) mass is 1510 g/mol. The molecule has 0 radical (unpaired) electrons. The van der Waals surface area contributed by atoms with Crippen LogP contribution in [0.5, 0.6) is 0 Å². The zero-order valence-corrected chi connectivity index (χ0v) is 63.7. The molecule has 0 atom stereocenters. The Hall–Kier alpha value is -7.53. The summed E-state index contributed by atoms with van der Waals surface area (Å²) in [6.07, 6.45) is 6.12. The van der Waals surface area contributed by atoms with Crippen LogP contribution >= 0.6 is 34.8 Å². The molecule has 0 aliphatic carbocycles. The fourth-order valence-electron chi connectivity index (χ4n) is 13.1. The Morgan fingerprint density at radius 3 is 1.16 bits per heavy atom. The lowest BCUT2D eigenvalue weighted by molar-refractivity contribution is -0.153. The van der Waals surface area contributed by atoms with Gasteiger partial charge in [0.25, 0.3) is 17.7 Å². The molecule has 26 nitrogen and oxygen atoms in total. The Balaban J connectivity index is 0.000000164. The van der Waals surface area contributed by atoms with Crippen molar-refractivity contribution in [1.29, 1.82) is 0 Å². The van der Waals surface area contributed by atoms with E-state index in [2.05, 4.69) is 89.6 Å². The average Bonchev–Trinajstić information content (AvgIpc) is 1.59. The lowest BCUT2D eigenvalue weighted by Crippen LogP contribution is -2.54. The number of rotatable bonds is 12. The van der Waals surface area contributed by atoms with Crippen LogP contribution in [0.4, 0.5) is 61.2 Å². The first-order chi connectivity index (χ1) is 48.5. The number of likely N-dealkylation sites (tertiary alicyclic amines) is 3. The summed E-state index contributed by atoms with van der Waals surface area (Å²) in [6, 6.07) is 0. The molecule has 6 aromatic heterocycles. The molecule has 0 bridgehead atoms. The van der Waals surface area contributed by atoms with E-state index < -0.39 is 68.8 Å². The first-order valence-electron chi connectivity index (χ1n) is 34.3. The van der Waals surface area contributed by atoms with Crippen molar-refractivity contribution in [2.24, 2.45) is 0 Å². The van der Waals surface area contributed by atoms with Gasteiger partial charge in [0.15, 0.2) is 75.2 Å². The zero-order valence-electron chi connectivity index (χ0n) is 61.4. The average molecular weight is 1520 g/mol. The van der Waals surface area contributed by atoms with E-state index in [4.69, 9.17) is 44.1 Å². The maximum atomic E-state index is 15.5. The molecule has 4 fully saturated rings. The number of hydrogen-bond donors (Lipinski definition) is 6. The van der Waals surface area contributed by atoms with Gasteiger partial charge in [-0.25, -0.2) is 51.3 Å².